The molecule has 0 bridgehead atoms. The molecule has 0 aliphatic carbocycles. The molecule has 2 amide bonds. The third-order valence-corrected chi connectivity index (χ3v) is 6.74. The van der Waals surface area contributed by atoms with Crippen LogP contribution in [0.5, 0.6) is 5.75 Å². The van der Waals surface area contributed by atoms with Crippen LogP contribution in [-0.2, 0) is 17.9 Å². The van der Waals surface area contributed by atoms with Gasteiger partial charge in [-0.25, -0.2) is 0 Å². The van der Waals surface area contributed by atoms with E-state index in [2.05, 4.69) is 0 Å². The highest BCUT2D eigenvalue weighted by atomic mass is 35.5. The van der Waals surface area contributed by atoms with Crippen molar-refractivity contribution in [2.75, 3.05) is 0 Å². The van der Waals surface area contributed by atoms with Gasteiger partial charge in [0.25, 0.3) is 11.1 Å². The quantitative estimate of drug-likeness (QED) is 0.327. The molecule has 0 unspecified atom stereocenters. The molecule has 0 radical (unpaired) electrons. The van der Waals surface area contributed by atoms with Crippen molar-refractivity contribution in [2.45, 2.75) is 13.2 Å². The number of nitrogens with zero attached hydrogens (tertiary/aromatic N) is 1. The van der Waals surface area contributed by atoms with E-state index in [-0.39, 0.29) is 11.8 Å². The van der Waals surface area contributed by atoms with Crippen molar-refractivity contribution < 1.29 is 14.3 Å². The van der Waals surface area contributed by atoms with Crippen LogP contribution in [0.2, 0.25) is 15.1 Å². The lowest BCUT2D eigenvalue weighted by Gasteiger charge is -2.14. The first-order chi connectivity index (χ1) is 15.4. The van der Waals surface area contributed by atoms with Gasteiger partial charge in [0.15, 0.2) is 0 Å². The smallest absolute Gasteiger partial charge is 0.293 e. The SMILES string of the molecule is O=C1S/C(=C\c2cccc(OCc3ccccc3Cl)c2)C(=O)N1Cc1c(Cl)cccc1Cl. The Labute approximate surface area is 204 Å². The number of halogens is 3. The average molecular weight is 505 g/mol. The fraction of sp³-hybridized carbons (Fsp3) is 0.0833. The van der Waals surface area contributed by atoms with Gasteiger partial charge in [-0.15, -0.1) is 0 Å². The molecule has 1 heterocycles. The van der Waals surface area contributed by atoms with E-state index in [1.807, 2.05) is 42.5 Å². The summed E-state index contributed by atoms with van der Waals surface area (Å²) in [5, 5.41) is 1.08. The predicted molar refractivity (Wildman–Crippen MR) is 130 cm³/mol. The molecule has 1 aliphatic rings. The summed E-state index contributed by atoms with van der Waals surface area (Å²) in [6.45, 7) is 0.333. The Balaban J connectivity index is 1.49. The number of rotatable bonds is 6. The van der Waals surface area contributed by atoms with Crippen molar-refractivity contribution in [3.63, 3.8) is 0 Å². The molecule has 3 aromatic carbocycles. The summed E-state index contributed by atoms with van der Waals surface area (Å²) in [6, 6.07) is 19.8. The van der Waals surface area contributed by atoms with E-state index < -0.39 is 5.91 Å². The number of carbonyl (C=O) groups is 2. The largest absolute Gasteiger partial charge is 0.489 e. The summed E-state index contributed by atoms with van der Waals surface area (Å²) < 4.78 is 5.84. The van der Waals surface area contributed by atoms with E-state index in [1.54, 1.807) is 30.3 Å². The molecule has 4 rings (SSSR count). The van der Waals surface area contributed by atoms with E-state index in [1.165, 1.54) is 0 Å². The zero-order valence-corrected chi connectivity index (χ0v) is 19.6. The summed E-state index contributed by atoms with van der Waals surface area (Å²) in [6.07, 6.45) is 1.67. The number of hydrogen-bond donors (Lipinski definition) is 0. The maximum atomic E-state index is 12.9. The third kappa shape index (κ3) is 5.13. The van der Waals surface area contributed by atoms with Crippen LogP contribution in [0.4, 0.5) is 4.79 Å². The van der Waals surface area contributed by atoms with Gasteiger partial charge in [0.1, 0.15) is 12.4 Å². The molecule has 0 spiro atoms. The Morgan fingerprint density at radius 2 is 1.56 bits per heavy atom. The number of ether oxygens (including phenoxy) is 1. The minimum Gasteiger partial charge on any atom is -0.489 e. The molecule has 3 aromatic rings. The van der Waals surface area contributed by atoms with Crippen molar-refractivity contribution in [2.24, 2.45) is 0 Å². The number of thioether (sulfide) groups is 1. The second-order valence-corrected chi connectivity index (χ2v) is 9.14. The molecule has 0 atom stereocenters. The molecular formula is C24H16Cl3NO3S. The summed E-state index contributed by atoms with van der Waals surface area (Å²) in [4.78, 5) is 26.8. The fourth-order valence-corrected chi connectivity index (χ4v) is 4.65. The number of amides is 2. The van der Waals surface area contributed by atoms with Gasteiger partial charge in [0.2, 0.25) is 0 Å². The number of benzene rings is 3. The summed E-state index contributed by atoms with van der Waals surface area (Å²) in [5.41, 5.74) is 2.15. The molecule has 1 fully saturated rings. The van der Waals surface area contributed by atoms with Crippen LogP contribution >= 0.6 is 46.6 Å². The maximum Gasteiger partial charge on any atom is 0.293 e. The van der Waals surface area contributed by atoms with Gasteiger partial charge in [-0.2, -0.15) is 0 Å². The van der Waals surface area contributed by atoms with Crippen LogP contribution in [0.15, 0.2) is 71.6 Å². The van der Waals surface area contributed by atoms with Gasteiger partial charge in [0, 0.05) is 26.2 Å². The Hall–Kier alpha value is -2.44. The van der Waals surface area contributed by atoms with Gasteiger partial charge in [-0.05, 0) is 53.7 Å². The lowest BCUT2D eigenvalue weighted by Crippen LogP contribution is -2.27. The van der Waals surface area contributed by atoms with Gasteiger partial charge < -0.3 is 4.74 Å². The molecule has 1 aliphatic heterocycles. The first-order valence-electron chi connectivity index (χ1n) is 9.57. The molecule has 32 heavy (non-hydrogen) atoms. The first kappa shape index (κ1) is 22.7. The highest BCUT2D eigenvalue weighted by Gasteiger charge is 2.35. The summed E-state index contributed by atoms with van der Waals surface area (Å²) in [5.74, 6) is 0.235. The van der Waals surface area contributed by atoms with Crippen molar-refractivity contribution >= 4 is 63.8 Å². The third-order valence-electron chi connectivity index (χ3n) is 4.76. The summed E-state index contributed by atoms with van der Waals surface area (Å²) >= 11 is 19.4. The van der Waals surface area contributed by atoms with E-state index in [4.69, 9.17) is 39.5 Å². The van der Waals surface area contributed by atoms with Crippen LogP contribution in [0.1, 0.15) is 16.7 Å². The highest BCUT2D eigenvalue weighted by Crippen LogP contribution is 2.36. The first-order valence-corrected chi connectivity index (χ1v) is 11.5. The van der Waals surface area contributed by atoms with Gasteiger partial charge >= 0.3 is 0 Å². The van der Waals surface area contributed by atoms with Gasteiger partial charge in [-0.1, -0.05) is 71.2 Å². The zero-order valence-electron chi connectivity index (χ0n) is 16.6. The van der Waals surface area contributed by atoms with Crippen LogP contribution in [0.25, 0.3) is 6.08 Å². The Morgan fingerprint density at radius 1 is 0.875 bits per heavy atom. The van der Waals surface area contributed by atoms with Crippen LogP contribution in [-0.4, -0.2) is 16.0 Å². The van der Waals surface area contributed by atoms with Gasteiger partial charge in [-0.3, -0.25) is 14.5 Å². The number of hydrogen-bond acceptors (Lipinski definition) is 4. The normalized spacial score (nSPS) is 15.0. The Morgan fingerprint density at radius 3 is 2.31 bits per heavy atom. The topological polar surface area (TPSA) is 46.6 Å². The Bertz CT molecular complexity index is 1210. The van der Waals surface area contributed by atoms with Crippen molar-refractivity contribution in [1.29, 1.82) is 0 Å². The molecule has 0 N–H and O–H groups in total. The van der Waals surface area contributed by atoms with Gasteiger partial charge in [0.05, 0.1) is 11.4 Å². The molecule has 4 nitrogen and oxygen atoms in total. The molecule has 1 saturated heterocycles. The average Bonchev–Trinajstić information content (AvgIpc) is 3.03. The minimum absolute atomic E-state index is 0.0154. The van der Waals surface area contributed by atoms with Crippen LogP contribution in [0.3, 0.4) is 0 Å². The Kier molecular flexibility index (Phi) is 7.11. The minimum atomic E-state index is -0.390. The maximum absolute atomic E-state index is 12.9. The standard InChI is InChI=1S/C24H16Cl3NO3S/c25-19-8-2-1-6-16(19)14-31-17-7-3-5-15(11-17)12-22-23(29)28(24(30)32-22)13-18-20(26)9-4-10-21(18)27/h1-12H,13-14H2/b22-12-. The highest BCUT2D eigenvalue weighted by molar-refractivity contribution is 8.18. The summed E-state index contributed by atoms with van der Waals surface area (Å²) in [7, 11) is 0. The van der Waals surface area contributed by atoms with Crippen molar-refractivity contribution in [3.8, 4) is 5.75 Å². The van der Waals surface area contributed by atoms with Crippen molar-refractivity contribution in [3.05, 3.63) is 103 Å². The zero-order chi connectivity index (χ0) is 22.7. The number of imide groups is 1. The molecule has 0 saturated carbocycles. The lowest BCUT2D eigenvalue weighted by atomic mass is 10.2. The molecular weight excluding hydrogens is 489 g/mol. The van der Waals surface area contributed by atoms with E-state index in [0.29, 0.717) is 37.9 Å². The fourth-order valence-electron chi connectivity index (χ4n) is 3.10. The lowest BCUT2D eigenvalue weighted by molar-refractivity contribution is -0.123. The molecule has 0 aromatic heterocycles. The van der Waals surface area contributed by atoms with E-state index >= 15 is 0 Å². The van der Waals surface area contributed by atoms with Crippen LogP contribution < -0.4 is 4.74 Å². The second-order valence-electron chi connectivity index (χ2n) is 6.92. The molecule has 162 valence electrons. The monoisotopic (exact) mass is 503 g/mol. The predicted octanol–water partition coefficient (Wildman–Crippen LogP) is 7.46. The number of carbonyl (C=O) groups excluding carboxylic acids is 2. The van der Waals surface area contributed by atoms with Crippen molar-refractivity contribution in [1.82, 2.24) is 4.90 Å². The van der Waals surface area contributed by atoms with E-state index in [0.717, 1.165) is 27.8 Å². The molecule has 8 heteroatoms. The van der Waals surface area contributed by atoms with Crippen LogP contribution in [0, 0.1) is 0 Å². The van der Waals surface area contributed by atoms with E-state index in [9.17, 15) is 9.59 Å². The second kappa shape index (κ2) is 10.0.